The Hall–Kier alpha value is -2.75. The second-order valence-electron chi connectivity index (χ2n) is 6.41. The fourth-order valence-electron chi connectivity index (χ4n) is 2.96. The van der Waals surface area contributed by atoms with Crippen molar-refractivity contribution in [2.24, 2.45) is 0 Å². The Morgan fingerprint density at radius 2 is 2.08 bits per heavy atom. The van der Waals surface area contributed by atoms with Crippen molar-refractivity contribution in [2.45, 2.75) is 26.4 Å². The largest absolute Gasteiger partial charge is 0.478 e. The Morgan fingerprint density at radius 1 is 1.29 bits per heavy atom. The first-order chi connectivity index (χ1) is 11.4. The standard InChI is InChI=1S/C20H22N2O2/c1-13(2)12-22-17-8-7-16(21)11-18(17)24-19(20(22)23)10-15-6-4-5-14(3)9-15/h4-9,11,19H,1,10,12,21H2,2-3H3. The van der Waals surface area contributed by atoms with Gasteiger partial charge in [0.2, 0.25) is 0 Å². The average molecular weight is 322 g/mol. The van der Waals surface area contributed by atoms with E-state index in [1.165, 1.54) is 5.56 Å². The molecule has 2 N–H and O–H groups in total. The van der Waals surface area contributed by atoms with Crippen molar-refractivity contribution in [2.75, 3.05) is 17.2 Å². The quantitative estimate of drug-likeness (QED) is 0.692. The molecule has 1 unspecified atom stereocenters. The second-order valence-corrected chi connectivity index (χ2v) is 6.41. The fourth-order valence-corrected chi connectivity index (χ4v) is 2.96. The molecule has 0 spiro atoms. The van der Waals surface area contributed by atoms with Gasteiger partial charge in [0, 0.05) is 24.7 Å². The molecule has 1 amide bonds. The van der Waals surface area contributed by atoms with Crippen LogP contribution in [0.3, 0.4) is 0 Å². The van der Waals surface area contributed by atoms with Crippen molar-refractivity contribution in [1.29, 1.82) is 0 Å². The van der Waals surface area contributed by atoms with Crippen LogP contribution in [0.5, 0.6) is 5.75 Å². The Bertz CT molecular complexity index is 798. The molecule has 1 aliphatic rings. The van der Waals surface area contributed by atoms with Crippen LogP contribution in [-0.2, 0) is 11.2 Å². The number of carbonyl (C=O) groups excluding carboxylic acids is 1. The molecule has 0 bridgehead atoms. The van der Waals surface area contributed by atoms with Crippen LogP contribution in [0.15, 0.2) is 54.6 Å². The number of ether oxygens (including phenoxy) is 1. The normalized spacial score (nSPS) is 16.5. The van der Waals surface area contributed by atoms with Crippen LogP contribution in [0.4, 0.5) is 11.4 Å². The number of amides is 1. The molecule has 0 saturated carbocycles. The van der Waals surface area contributed by atoms with Gasteiger partial charge in [-0.3, -0.25) is 4.79 Å². The number of carbonyl (C=O) groups is 1. The maximum absolute atomic E-state index is 12.9. The number of benzene rings is 2. The van der Waals surface area contributed by atoms with E-state index < -0.39 is 6.10 Å². The Kier molecular flexibility index (Phi) is 4.30. The van der Waals surface area contributed by atoms with E-state index >= 15 is 0 Å². The van der Waals surface area contributed by atoms with Crippen LogP contribution in [0.1, 0.15) is 18.1 Å². The highest BCUT2D eigenvalue weighted by molar-refractivity contribution is 6.00. The first-order valence-electron chi connectivity index (χ1n) is 8.01. The van der Waals surface area contributed by atoms with E-state index in [-0.39, 0.29) is 5.91 Å². The number of hydrogen-bond donors (Lipinski definition) is 1. The van der Waals surface area contributed by atoms with Gasteiger partial charge in [-0.05, 0) is 31.5 Å². The average Bonchev–Trinajstić information content (AvgIpc) is 2.51. The molecule has 2 aromatic rings. The zero-order chi connectivity index (χ0) is 17.3. The predicted octanol–water partition coefficient (Wildman–Crippen LogP) is 3.49. The number of hydrogen-bond acceptors (Lipinski definition) is 3. The highest BCUT2D eigenvalue weighted by Gasteiger charge is 2.34. The van der Waals surface area contributed by atoms with Crippen molar-refractivity contribution >= 4 is 17.3 Å². The maximum Gasteiger partial charge on any atom is 0.268 e. The zero-order valence-electron chi connectivity index (χ0n) is 14.1. The summed E-state index contributed by atoms with van der Waals surface area (Å²) in [6.07, 6.45) is -0.0259. The first kappa shape index (κ1) is 16.1. The molecule has 3 rings (SSSR count). The van der Waals surface area contributed by atoms with Crippen LogP contribution in [-0.4, -0.2) is 18.6 Å². The summed E-state index contributed by atoms with van der Waals surface area (Å²) >= 11 is 0. The maximum atomic E-state index is 12.9. The second kappa shape index (κ2) is 6.40. The van der Waals surface area contributed by atoms with Crippen molar-refractivity contribution in [1.82, 2.24) is 0 Å². The topological polar surface area (TPSA) is 55.6 Å². The van der Waals surface area contributed by atoms with Crippen molar-refractivity contribution in [3.05, 3.63) is 65.7 Å². The monoisotopic (exact) mass is 322 g/mol. The zero-order valence-corrected chi connectivity index (χ0v) is 14.1. The van der Waals surface area contributed by atoms with E-state index in [2.05, 4.69) is 12.6 Å². The molecule has 4 nitrogen and oxygen atoms in total. The number of nitrogen functional groups attached to an aromatic ring is 1. The SMILES string of the molecule is C=C(C)CN1C(=O)C(Cc2cccc(C)c2)Oc2cc(N)ccc21. The summed E-state index contributed by atoms with van der Waals surface area (Å²) in [5.41, 5.74) is 10.4. The van der Waals surface area contributed by atoms with Crippen molar-refractivity contribution < 1.29 is 9.53 Å². The minimum absolute atomic E-state index is 0.0447. The number of rotatable bonds is 4. The van der Waals surface area contributed by atoms with E-state index in [1.807, 2.05) is 38.1 Å². The molecule has 0 fully saturated rings. The molecule has 0 saturated heterocycles. The van der Waals surface area contributed by atoms with Crippen LogP contribution < -0.4 is 15.4 Å². The molecule has 0 aliphatic carbocycles. The van der Waals surface area contributed by atoms with E-state index in [4.69, 9.17) is 10.5 Å². The van der Waals surface area contributed by atoms with E-state index in [9.17, 15) is 4.79 Å². The first-order valence-corrected chi connectivity index (χ1v) is 8.01. The summed E-state index contributed by atoms with van der Waals surface area (Å²) in [6, 6.07) is 13.5. The number of anilines is 2. The molecule has 24 heavy (non-hydrogen) atoms. The lowest BCUT2D eigenvalue weighted by Crippen LogP contribution is -2.47. The molecule has 2 aromatic carbocycles. The smallest absolute Gasteiger partial charge is 0.268 e. The Labute approximate surface area is 142 Å². The third-order valence-electron chi connectivity index (χ3n) is 4.02. The van der Waals surface area contributed by atoms with Crippen molar-refractivity contribution in [3.8, 4) is 5.75 Å². The van der Waals surface area contributed by atoms with Crippen LogP contribution >= 0.6 is 0 Å². The summed E-state index contributed by atoms with van der Waals surface area (Å²) in [4.78, 5) is 14.7. The summed E-state index contributed by atoms with van der Waals surface area (Å²) in [5.74, 6) is 0.602. The summed E-state index contributed by atoms with van der Waals surface area (Å²) < 4.78 is 5.98. The Balaban J connectivity index is 1.94. The summed E-state index contributed by atoms with van der Waals surface area (Å²) in [7, 11) is 0. The Morgan fingerprint density at radius 3 is 2.79 bits per heavy atom. The molecular formula is C20H22N2O2. The van der Waals surface area contributed by atoms with Crippen molar-refractivity contribution in [3.63, 3.8) is 0 Å². The number of nitrogens with zero attached hydrogens (tertiary/aromatic N) is 1. The van der Waals surface area contributed by atoms with Gasteiger partial charge in [0.1, 0.15) is 5.75 Å². The van der Waals surface area contributed by atoms with Crippen LogP contribution in [0.2, 0.25) is 0 Å². The lowest BCUT2D eigenvalue weighted by atomic mass is 10.0. The number of nitrogens with two attached hydrogens (primary N) is 1. The van der Waals surface area contributed by atoms with E-state index in [0.717, 1.165) is 16.8 Å². The minimum atomic E-state index is -0.555. The predicted molar refractivity (Wildman–Crippen MR) is 97.3 cm³/mol. The molecule has 4 heteroatoms. The molecule has 124 valence electrons. The summed E-state index contributed by atoms with van der Waals surface area (Å²) in [5, 5.41) is 0. The van der Waals surface area contributed by atoms with Gasteiger partial charge in [0.25, 0.3) is 5.91 Å². The molecule has 1 heterocycles. The molecule has 0 radical (unpaired) electrons. The number of fused-ring (bicyclic) bond motifs is 1. The third kappa shape index (κ3) is 3.27. The van der Waals surface area contributed by atoms with Gasteiger partial charge in [0.15, 0.2) is 6.10 Å². The lowest BCUT2D eigenvalue weighted by molar-refractivity contribution is -0.126. The summed E-state index contributed by atoms with van der Waals surface area (Å²) in [6.45, 7) is 8.36. The van der Waals surface area contributed by atoms with Gasteiger partial charge in [-0.25, -0.2) is 0 Å². The van der Waals surface area contributed by atoms with Gasteiger partial charge < -0.3 is 15.4 Å². The van der Waals surface area contributed by atoms with Gasteiger partial charge in [0.05, 0.1) is 5.69 Å². The third-order valence-corrected chi connectivity index (χ3v) is 4.02. The van der Waals surface area contributed by atoms with Crippen LogP contribution in [0.25, 0.3) is 0 Å². The molecule has 1 aliphatic heterocycles. The fraction of sp³-hybridized carbons (Fsp3) is 0.250. The van der Waals surface area contributed by atoms with E-state index in [1.54, 1.807) is 17.0 Å². The number of aryl methyl sites for hydroxylation is 1. The van der Waals surface area contributed by atoms with E-state index in [0.29, 0.717) is 24.4 Å². The van der Waals surface area contributed by atoms with Gasteiger partial charge in [-0.15, -0.1) is 0 Å². The molecule has 1 atom stereocenters. The minimum Gasteiger partial charge on any atom is -0.478 e. The molecular weight excluding hydrogens is 300 g/mol. The molecule has 0 aromatic heterocycles. The van der Waals surface area contributed by atoms with Crippen LogP contribution in [0, 0.1) is 6.92 Å². The lowest BCUT2D eigenvalue weighted by Gasteiger charge is -2.34. The highest BCUT2D eigenvalue weighted by atomic mass is 16.5. The highest BCUT2D eigenvalue weighted by Crippen LogP contribution is 2.36. The van der Waals surface area contributed by atoms with Gasteiger partial charge >= 0.3 is 0 Å². The van der Waals surface area contributed by atoms with Gasteiger partial charge in [-0.2, -0.15) is 0 Å². The van der Waals surface area contributed by atoms with Gasteiger partial charge in [-0.1, -0.05) is 42.0 Å².